The van der Waals surface area contributed by atoms with Crippen LogP contribution in [0.15, 0.2) is 12.4 Å². The highest BCUT2D eigenvalue weighted by Crippen LogP contribution is 2.18. The lowest BCUT2D eigenvalue weighted by Crippen LogP contribution is -2.35. The average molecular weight is 302 g/mol. The summed E-state index contributed by atoms with van der Waals surface area (Å²) in [4.78, 5) is 23.3. The Hall–Kier alpha value is -1.65. The first-order valence-corrected chi connectivity index (χ1v) is 8.71. The van der Waals surface area contributed by atoms with Crippen LogP contribution >= 0.6 is 0 Å². The quantitative estimate of drug-likeness (QED) is 0.872. The van der Waals surface area contributed by atoms with Crippen molar-refractivity contribution in [1.29, 1.82) is 0 Å². The highest BCUT2D eigenvalue weighted by atomic mass is 16.1. The van der Waals surface area contributed by atoms with E-state index in [0.29, 0.717) is 11.6 Å². The first-order valence-electron chi connectivity index (χ1n) is 8.71. The Morgan fingerprint density at radius 1 is 0.955 bits per heavy atom. The van der Waals surface area contributed by atoms with E-state index in [-0.39, 0.29) is 5.91 Å². The number of rotatable bonds is 3. The summed E-state index contributed by atoms with van der Waals surface area (Å²) in [6.07, 6.45) is 14.2. The van der Waals surface area contributed by atoms with Crippen LogP contribution in [0.25, 0.3) is 0 Å². The van der Waals surface area contributed by atoms with Crippen molar-refractivity contribution in [3.8, 4) is 0 Å². The van der Waals surface area contributed by atoms with Crippen molar-refractivity contribution in [3.63, 3.8) is 0 Å². The molecule has 2 heterocycles. The molecule has 1 saturated carbocycles. The van der Waals surface area contributed by atoms with Crippen molar-refractivity contribution < 1.29 is 4.79 Å². The standard InChI is InChI=1S/C17H26N4O/c22-16(20-15-8-4-1-2-5-9-15)14-12-18-17(19-13-14)21-10-6-3-7-11-21/h12-13,15H,1-11H2,(H,20,22). The number of amides is 1. The molecular formula is C17H26N4O. The second kappa shape index (κ2) is 7.56. The number of hydrogen-bond acceptors (Lipinski definition) is 4. The number of carbonyl (C=O) groups is 1. The summed E-state index contributed by atoms with van der Waals surface area (Å²) in [5.74, 6) is 0.725. The van der Waals surface area contributed by atoms with E-state index in [4.69, 9.17) is 0 Å². The van der Waals surface area contributed by atoms with Gasteiger partial charge in [-0.2, -0.15) is 0 Å². The Bertz CT molecular complexity index is 474. The molecule has 0 radical (unpaired) electrons. The van der Waals surface area contributed by atoms with Crippen molar-refractivity contribution in [1.82, 2.24) is 15.3 Å². The molecule has 5 heteroatoms. The third-order valence-electron chi connectivity index (χ3n) is 4.73. The van der Waals surface area contributed by atoms with Gasteiger partial charge in [-0.15, -0.1) is 0 Å². The summed E-state index contributed by atoms with van der Waals surface area (Å²) in [5.41, 5.74) is 0.574. The van der Waals surface area contributed by atoms with Gasteiger partial charge in [0.05, 0.1) is 5.56 Å². The number of nitrogens with zero attached hydrogens (tertiary/aromatic N) is 3. The normalized spacial score (nSPS) is 20.5. The fourth-order valence-electron chi connectivity index (χ4n) is 3.39. The maximum absolute atomic E-state index is 12.3. The molecular weight excluding hydrogens is 276 g/mol. The van der Waals surface area contributed by atoms with Crippen molar-refractivity contribution >= 4 is 11.9 Å². The molecule has 1 amide bonds. The summed E-state index contributed by atoms with van der Waals surface area (Å²) < 4.78 is 0. The summed E-state index contributed by atoms with van der Waals surface area (Å²) in [6, 6.07) is 0.316. The summed E-state index contributed by atoms with van der Waals surface area (Å²) >= 11 is 0. The van der Waals surface area contributed by atoms with Gasteiger partial charge in [0.2, 0.25) is 5.95 Å². The number of carbonyl (C=O) groups excluding carboxylic acids is 1. The van der Waals surface area contributed by atoms with Gasteiger partial charge in [-0.25, -0.2) is 9.97 Å². The molecule has 1 aromatic rings. The Morgan fingerprint density at radius 3 is 2.18 bits per heavy atom. The van der Waals surface area contributed by atoms with E-state index in [2.05, 4.69) is 20.2 Å². The van der Waals surface area contributed by atoms with E-state index in [1.807, 2.05) is 0 Å². The zero-order chi connectivity index (χ0) is 15.2. The minimum atomic E-state index is -0.0305. The Balaban J connectivity index is 1.58. The van der Waals surface area contributed by atoms with Gasteiger partial charge in [0.25, 0.3) is 5.91 Å². The lowest BCUT2D eigenvalue weighted by molar-refractivity contribution is 0.0932. The number of piperidine rings is 1. The maximum atomic E-state index is 12.3. The molecule has 2 aliphatic rings. The van der Waals surface area contributed by atoms with E-state index in [1.165, 1.54) is 44.9 Å². The SMILES string of the molecule is O=C(NC1CCCCCC1)c1cnc(N2CCCCC2)nc1. The van der Waals surface area contributed by atoms with Gasteiger partial charge < -0.3 is 10.2 Å². The van der Waals surface area contributed by atoms with Crippen molar-refractivity contribution in [2.75, 3.05) is 18.0 Å². The lowest BCUT2D eigenvalue weighted by Gasteiger charge is -2.26. The number of anilines is 1. The Labute approximate surface area is 132 Å². The molecule has 1 aromatic heterocycles. The molecule has 2 fully saturated rings. The van der Waals surface area contributed by atoms with Crippen LogP contribution in [-0.2, 0) is 0 Å². The van der Waals surface area contributed by atoms with Crippen LogP contribution in [0.1, 0.15) is 68.1 Å². The smallest absolute Gasteiger partial charge is 0.254 e. The fraction of sp³-hybridized carbons (Fsp3) is 0.706. The van der Waals surface area contributed by atoms with E-state index in [1.54, 1.807) is 12.4 Å². The number of aromatic nitrogens is 2. The van der Waals surface area contributed by atoms with Crippen LogP contribution in [0, 0.1) is 0 Å². The van der Waals surface area contributed by atoms with Gasteiger partial charge in [-0.3, -0.25) is 4.79 Å². The van der Waals surface area contributed by atoms with Gasteiger partial charge in [0.1, 0.15) is 0 Å². The van der Waals surface area contributed by atoms with Crippen LogP contribution in [0.2, 0.25) is 0 Å². The minimum Gasteiger partial charge on any atom is -0.349 e. The van der Waals surface area contributed by atoms with Crippen LogP contribution in [0.5, 0.6) is 0 Å². The van der Waals surface area contributed by atoms with Gasteiger partial charge in [-0.1, -0.05) is 25.7 Å². The zero-order valence-electron chi connectivity index (χ0n) is 13.3. The van der Waals surface area contributed by atoms with E-state index in [0.717, 1.165) is 31.9 Å². The molecule has 1 aliphatic heterocycles. The number of nitrogens with one attached hydrogen (secondary N) is 1. The highest BCUT2D eigenvalue weighted by molar-refractivity contribution is 5.93. The predicted octanol–water partition coefficient (Wildman–Crippen LogP) is 2.92. The van der Waals surface area contributed by atoms with E-state index in [9.17, 15) is 4.79 Å². The lowest BCUT2D eigenvalue weighted by atomic mass is 10.1. The molecule has 120 valence electrons. The topological polar surface area (TPSA) is 58.1 Å². The summed E-state index contributed by atoms with van der Waals surface area (Å²) in [5, 5.41) is 3.14. The predicted molar refractivity (Wildman–Crippen MR) is 87.1 cm³/mol. The van der Waals surface area contributed by atoms with E-state index < -0.39 is 0 Å². The molecule has 0 bridgehead atoms. The van der Waals surface area contributed by atoms with Crippen molar-refractivity contribution in [2.24, 2.45) is 0 Å². The minimum absolute atomic E-state index is 0.0305. The molecule has 0 unspecified atom stereocenters. The molecule has 0 atom stereocenters. The van der Waals surface area contributed by atoms with E-state index >= 15 is 0 Å². The monoisotopic (exact) mass is 302 g/mol. The molecule has 0 spiro atoms. The Kier molecular flexibility index (Phi) is 5.24. The van der Waals surface area contributed by atoms with Crippen LogP contribution in [-0.4, -0.2) is 35.0 Å². The molecule has 3 rings (SSSR count). The highest BCUT2D eigenvalue weighted by Gasteiger charge is 2.17. The maximum Gasteiger partial charge on any atom is 0.254 e. The zero-order valence-corrected chi connectivity index (χ0v) is 13.3. The second-order valence-electron chi connectivity index (χ2n) is 6.48. The second-order valence-corrected chi connectivity index (χ2v) is 6.48. The molecule has 1 N–H and O–H groups in total. The average Bonchev–Trinajstić information content (AvgIpc) is 2.84. The van der Waals surface area contributed by atoms with Crippen LogP contribution < -0.4 is 10.2 Å². The molecule has 5 nitrogen and oxygen atoms in total. The van der Waals surface area contributed by atoms with Gasteiger partial charge in [-0.05, 0) is 32.1 Å². The molecule has 1 saturated heterocycles. The first kappa shape index (κ1) is 15.3. The van der Waals surface area contributed by atoms with Crippen LogP contribution in [0.3, 0.4) is 0 Å². The summed E-state index contributed by atoms with van der Waals surface area (Å²) in [7, 11) is 0. The number of hydrogen-bond donors (Lipinski definition) is 1. The molecule has 22 heavy (non-hydrogen) atoms. The largest absolute Gasteiger partial charge is 0.349 e. The van der Waals surface area contributed by atoms with Crippen LogP contribution in [0.4, 0.5) is 5.95 Å². The van der Waals surface area contributed by atoms with Gasteiger partial charge in [0.15, 0.2) is 0 Å². The van der Waals surface area contributed by atoms with Gasteiger partial charge in [0, 0.05) is 31.5 Å². The first-order chi connectivity index (χ1) is 10.8. The summed E-state index contributed by atoms with van der Waals surface area (Å²) in [6.45, 7) is 2.04. The van der Waals surface area contributed by atoms with Crippen molar-refractivity contribution in [2.45, 2.75) is 63.8 Å². The third-order valence-corrected chi connectivity index (χ3v) is 4.73. The molecule has 0 aromatic carbocycles. The Morgan fingerprint density at radius 2 is 1.55 bits per heavy atom. The molecule has 1 aliphatic carbocycles. The third kappa shape index (κ3) is 3.96. The van der Waals surface area contributed by atoms with Gasteiger partial charge >= 0.3 is 0 Å². The fourth-order valence-corrected chi connectivity index (χ4v) is 3.39. The van der Waals surface area contributed by atoms with Crippen molar-refractivity contribution in [3.05, 3.63) is 18.0 Å².